The van der Waals surface area contributed by atoms with Crippen molar-refractivity contribution in [3.05, 3.63) is 0 Å². The third-order valence-corrected chi connectivity index (χ3v) is 3.12. The molecule has 0 aromatic heterocycles. The molecular formula is C11H23NO3. The lowest BCUT2D eigenvalue weighted by atomic mass is 9.91. The lowest BCUT2D eigenvalue weighted by Crippen LogP contribution is -2.46. The minimum atomic E-state index is -0.464. The first kappa shape index (κ1) is 12.9. The molecule has 0 aromatic carbocycles. The Labute approximate surface area is 91.8 Å². The summed E-state index contributed by atoms with van der Waals surface area (Å²) in [4.78, 5) is 2.05. The highest BCUT2D eigenvalue weighted by molar-refractivity contribution is 4.82. The van der Waals surface area contributed by atoms with Crippen molar-refractivity contribution >= 4 is 0 Å². The number of ether oxygens (including phenoxy) is 1. The van der Waals surface area contributed by atoms with Gasteiger partial charge in [-0.15, -0.1) is 0 Å². The molecule has 15 heavy (non-hydrogen) atoms. The topological polar surface area (TPSA) is 52.9 Å². The van der Waals surface area contributed by atoms with Gasteiger partial charge in [0, 0.05) is 19.7 Å². The fourth-order valence-corrected chi connectivity index (χ4v) is 2.32. The van der Waals surface area contributed by atoms with Crippen LogP contribution in [-0.4, -0.2) is 60.7 Å². The highest BCUT2D eigenvalue weighted by Crippen LogP contribution is 2.22. The Balaban J connectivity index is 2.34. The molecule has 1 aliphatic rings. The van der Waals surface area contributed by atoms with Crippen molar-refractivity contribution in [3.8, 4) is 0 Å². The number of methoxy groups -OCH3 is 1. The molecule has 1 aliphatic carbocycles. The lowest BCUT2D eigenvalue weighted by Gasteiger charge is -2.36. The zero-order chi connectivity index (χ0) is 11.3. The highest BCUT2D eigenvalue weighted by Gasteiger charge is 2.27. The van der Waals surface area contributed by atoms with Crippen molar-refractivity contribution in [2.24, 2.45) is 0 Å². The summed E-state index contributed by atoms with van der Waals surface area (Å²) in [5.41, 5.74) is 0. The maximum atomic E-state index is 9.83. The summed E-state index contributed by atoms with van der Waals surface area (Å²) in [5, 5.41) is 19.4. The van der Waals surface area contributed by atoms with Crippen molar-refractivity contribution in [1.29, 1.82) is 0 Å². The molecule has 0 heterocycles. The van der Waals surface area contributed by atoms with Crippen molar-refractivity contribution in [2.75, 3.05) is 27.3 Å². The molecule has 1 unspecified atom stereocenters. The molecule has 90 valence electrons. The van der Waals surface area contributed by atoms with Crippen LogP contribution in [0, 0.1) is 0 Å². The molecule has 0 spiro atoms. The van der Waals surface area contributed by atoms with E-state index in [1.807, 2.05) is 11.9 Å². The first-order valence-corrected chi connectivity index (χ1v) is 5.70. The van der Waals surface area contributed by atoms with Gasteiger partial charge in [-0.3, -0.25) is 4.90 Å². The molecule has 1 saturated carbocycles. The number of hydrogen-bond acceptors (Lipinski definition) is 4. The van der Waals surface area contributed by atoms with E-state index in [2.05, 4.69) is 0 Å². The zero-order valence-electron chi connectivity index (χ0n) is 9.72. The Morgan fingerprint density at radius 2 is 2.07 bits per heavy atom. The highest BCUT2D eigenvalue weighted by atomic mass is 16.5. The van der Waals surface area contributed by atoms with Gasteiger partial charge in [0.05, 0.1) is 18.8 Å². The van der Waals surface area contributed by atoms with E-state index in [4.69, 9.17) is 4.74 Å². The number of nitrogens with zero attached hydrogens (tertiary/aromatic N) is 1. The Morgan fingerprint density at radius 3 is 2.67 bits per heavy atom. The normalized spacial score (nSPS) is 29.4. The number of rotatable bonds is 5. The quantitative estimate of drug-likeness (QED) is 0.692. The van der Waals surface area contributed by atoms with Gasteiger partial charge in [-0.1, -0.05) is 12.8 Å². The van der Waals surface area contributed by atoms with Crippen LogP contribution in [0.5, 0.6) is 0 Å². The van der Waals surface area contributed by atoms with Gasteiger partial charge in [0.2, 0.25) is 0 Å². The molecule has 3 atom stereocenters. The Kier molecular flexibility index (Phi) is 5.53. The molecule has 1 fully saturated rings. The van der Waals surface area contributed by atoms with Crippen LogP contribution in [0.1, 0.15) is 25.7 Å². The van der Waals surface area contributed by atoms with Crippen molar-refractivity contribution in [2.45, 2.75) is 43.9 Å². The predicted molar refractivity (Wildman–Crippen MR) is 58.8 cm³/mol. The van der Waals surface area contributed by atoms with Gasteiger partial charge in [-0.05, 0) is 19.9 Å². The fraction of sp³-hybridized carbons (Fsp3) is 1.00. The molecule has 0 amide bonds. The molecule has 0 aliphatic heterocycles. The summed E-state index contributed by atoms with van der Waals surface area (Å²) in [6.07, 6.45) is 3.50. The van der Waals surface area contributed by atoms with E-state index >= 15 is 0 Å². The second kappa shape index (κ2) is 6.43. The molecule has 4 nitrogen and oxygen atoms in total. The zero-order valence-corrected chi connectivity index (χ0v) is 9.72. The predicted octanol–water partition coefficient (Wildman–Crippen LogP) is 0.229. The maximum Gasteiger partial charge on any atom is 0.0900 e. The number of hydrogen-bond donors (Lipinski definition) is 2. The number of aliphatic hydroxyl groups excluding tert-OH is 2. The van der Waals surface area contributed by atoms with Gasteiger partial charge in [-0.25, -0.2) is 0 Å². The van der Waals surface area contributed by atoms with Crippen LogP contribution in [0.25, 0.3) is 0 Å². The Bertz CT molecular complexity index is 177. The summed E-state index contributed by atoms with van der Waals surface area (Å²) >= 11 is 0. The van der Waals surface area contributed by atoms with E-state index in [1.54, 1.807) is 7.11 Å². The van der Waals surface area contributed by atoms with Gasteiger partial charge in [0.15, 0.2) is 0 Å². The minimum Gasteiger partial charge on any atom is -0.391 e. The molecule has 4 heteroatoms. The molecule has 0 bridgehead atoms. The van der Waals surface area contributed by atoms with Crippen LogP contribution in [0.3, 0.4) is 0 Å². The SMILES string of the molecule is COCC(O)CN(C)[C@@H]1CCCC[C@H]1O. The molecule has 2 N–H and O–H groups in total. The molecule has 0 radical (unpaired) electrons. The first-order valence-electron chi connectivity index (χ1n) is 5.70. The molecule has 0 saturated heterocycles. The third-order valence-electron chi connectivity index (χ3n) is 3.12. The van der Waals surface area contributed by atoms with Crippen LogP contribution in [0.2, 0.25) is 0 Å². The fourth-order valence-electron chi connectivity index (χ4n) is 2.32. The Hall–Kier alpha value is -0.160. The van der Waals surface area contributed by atoms with Crippen molar-refractivity contribution in [1.82, 2.24) is 4.90 Å². The standard InChI is InChI=1S/C11H23NO3/c1-12(7-9(13)8-15-2)10-5-3-4-6-11(10)14/h9-11,13-14H,3-8H2,1-2H3/t9?,10-,11-/m1/s1. The van der Waals surface area contributed by atoms with Gasteiger partial charge < -0.3 is 14.9 Å². The van der Waals surface area contributed by atoms with E-state index in [1.165, 1.54) is 6.42 Å². The summed E-state index contributed by atoms with van der Waals surface area (Å²) in [7, 11) is 3.54. The molecule has 0 aromatic rings. The van der Waals surface area contributed by atoms with Gasteiger partial charge in [0.1, 0.15) is 0 Å². The summed E-state index contributed by atoms with van der Waals surface area (Å²) in [6.45, 7) is 0.919. The van der Waals surface area contributed by atoms with Crippen molar-refractivity contribution < 1.29 is 14.9 Å². The first-order chi connectivity index (χ1) is 7.15. The van der Waals surface area contributed by atoms with E-state index in [0.29, 0.717) is 13.2 Å². The summed E-state index contributed by atoms with van der Waals surface area (Å²) in [5.74, 6) is 0. The largest absolute Gasteiger partial charge is 0.391 e. The van der Waals surface area contributed by atoms with E-state index < -0.39 is 6.10 Å². The van der Waals surface area contributed by atoms with Crippen LogP contribution >= 0.6 is 0 Å². The summed E-state index contributed by atoms with van der Waals surface area (Å²) < 4.78 is 4.88. The van der Waals surface area contributed by atoms with Crippen LogP contribution in [-0.2, 0) is 4.74 Å². The Morgan fingerprint density at radius 1 is 1.40 bits per heavy atom. The molecule has 1 rings (SSSR count). The lowest BCUT2D eigenvalue weighted by molar-refractivity contribution is -0.00713. The average Bonchev–Trinajstić information content (AvgIpc) is 2.18. The number of likely N-dealkylation sites (N-methyl/N-ethyl adjacent to an activating group) is 1. The third kappa shape index (κ3) is 4.07. The van der Waals surface area contributed by atoms with Gasteiger partial charge in [-0.2, -0.15) is 0 Å². The van der Waals surface area contributed by atoms with E-state index in [9.17, 15) is 10.2 Å². The van der Waals surface area contributed by atoms with E-state index in [0.717, 1.165) is 19.3 Å². The minimum absolute atomic E-state index is 0.199. The monoisotopic (exact) mass is 217 g/mol. The van der Waals surface area contributed by atoms with Gasteiger partial charge >= 0.3 is 0 Å². The second-order valence-corrected chi connectivity index (χ2v) is 4.47. The summed E-state index contributed by atoms with van der Waals surface area (Å²) in [6, 6.07) is 0.199. The van der Waals surface area contributed by atoms with Crippen molar-refractivity contribution in [3.63, 3.8) is 0 Å². The average molecular weight is 217 g/mol. The molecular weight excluding hydrogens is 194 g/mol. The number of aliphatic hydroxyl groups is 2. The van der Waals surface area contributed by atoms with Crippen LogP contribution in [0.4, 0.5) is 0 Å². The smallest absolute Gasteiger partial charge is 0.0900 e. The van der Waals surface area contributed by atoms with E-state index in [-0.39, 0.29) is 12.1 Å². The van der Waals surface area contributed by atoms with Gasteiger partial charge in [0.25, 0.3) is 0 Å². The van der Waals surface area contributed by atoms with Crippen LogP contribution < -0.4 is 0 Å². The van der Waals surface area contributed by atoms with Crippen LogP contribution in [0.15, 0.2) is 0 Å². The maximum absolute atomic E-state index is 9.83. The second-order valence-electron chi connectivity index (χ2n) is 4.47.